The number of ether oxygens (including phenoxy) is 2. The van der Waals surface area contributed by atoms with Crippen molar-refractivity contribution >= 4 is 5.91 Å². The van der Waals surface area contributed by atoms with Crippen LogP contribution in [0.15, 0.2) is 24.3 Å². The molecule has 1 amide bonds. The van der Waals surface area contributed by atoms with Crippen LogP contribution in [0, 0.1) is 0 Å². The molecular weight excluding hydrogens is 811 g/mol. The summed E-state index contributed by atoms with van der Waals surface area (Å²) in [6, 6.07) is -1.19. The Hall–Kier alpha value is -1.41. The van der Waals surface area contributed by atoms with Crippen LogP contribution < -0.4 is 5.32 Å². The fraction of sp³-hybridized carbons (Fsp3) is 0.906. The van der Waals surface area contributed by atoms with Crippen LogP contribution in [0.2, 0.25) is 0 Å². The highest BCUT2D eigenvalue weighted by atomic mass is 16.7. The molecule has 0 spiro atoms. The number of rotatable bonds is 45. The molecule has 9 atom stereocenters. The highest BCUT2D eigenvalue weighted by molar-refractivity contribution is 5.80. The molecule has 0 aromatic heterocycles. The van der Waals surface area contributed by atoms with Crippen molar-refractivity contribution in [3.63, 3.8) is 0 Å². The number of nitrogens with one attached hydrogen (secondary N) is 1. The molecule has 0 saturated carbocycles. The van der Waals surface area contributed by atoms with Gasteiger partial charge >= 0.3 is 0 Å². The molecule has 0 aliphatic carbocycles. The van der Waals surface area contributed by atoms with Crippen LogP contribution in [0.1, 0.15) is 239 Å². The summed E-state index contributed by atoms with van der Waals surface area (Å²) < 4.78 is 11.1. The van der Waals surface area contributed by atoms with Gasteiger partial charge in [-0.2, -0.15) is 0 Å². The third-order valence-corrected chi connectivity index (χ3v) is 13.0. The highest BCUT2D eigenvalue weighted by Gasteiger charge is 2.44. The number of carbonyl (C=O) groups excluding carboxylic acids is 1. The van der Waals surface area contributed by atoms with Crippen molar-refractivity contribution in [3.05, 3.63) is 24.3 Å². The van der Waals surface area contributed by atoms with E-state index >= 15 is 0 Å². The molecule has 11 nitrogen and oxygen atoms in total. The van der Waals surface area contributed by atoms with Gasteiger partial charge in [-0.3, -0.25) is 4.79 Å². The molecule has 1 saturated heterocycles. The SMILES string of the molecule is CCCCCCCC/C=C/CC/C=C/CCCC(O)C(O)C(COC1OC(CO)C(O)C(O)C1O)NC(=O)C(O)CCCCCCCCCCCCCCCCCCCCCCCC. The first kappa shape index (κ1) is 60.6. The molecule has 0 aromatic carbocycles. The molecule has 0 radical (unpaired) electrons. The first-order chi connectivity index (χ1) is 31.2. The van der Waals surface area contributed by atoms with Crippen molar-refractivity contribution < 1.29 is 50.0 Å². The summed E-state index contributed by atoms with van der Waals surface area (Å²) in [4.78, 5) is 13.1. The van der Waals surface area contributed by atoms with Crippen LogP contribution in [0.3, 0.4) is 0 Å². The van der Waals surface area contributed by atoms with Gasteiger partial charge in [-0.25, -0.2) is 0 Å². The van der Waals surface area contributed by atoms with Crippen LogP contribution in [0.25, 0.3) is 0 Å². The van der Waals surface area contributed by atoms with E-state index in [-0.39, 0.29) is 12.8 Å². The van der Waals surface area contributed by atoms with Gasteiger partial charge in [0.05, 0.1) is 25.4 Å². The van der Waals surface area contributed by atoms with Gasteiger partial charge in [0.2, 0.25) is 5.91 Å². The van der Waals surface area contributed by atoms with Crippen molar-refractivity contribution in [1.29, 1.82) is 0 Å². The molecular formula is C53H101NO10. The van der Waals surface area contributed by atoms with Gasteiger partial charge in [0.25, 0.3) is 0 Å². The molecule has 1 rings (SSSR count). The van der Waals surface area contributed by atoms with E-state index in [9.17, 15) is 40.5 Å². The first-order valence-electron chi connectivity index (χ1n) is 26.7. The van der Waals surface area contributed by atoms with E-state index in [1.807, 2.05) is 0 Å². The lowest BCUT2D eigenvalue weighted by molar-refractivity contribution is -0.303. The molecule has 9 unspecified atom stereocenters. The predicted molar refractivity (Wildman–Crippen MR) is 261 cm³/mol. The minimum atomic E-state index is -1.67. The van der Waals surface area contributed by atoms with E-state index in [2.05, 4.69) is 43.5 Å². The quantitative estimate of drug-likeness (QED) is 0.0216. The number of aliphatic hydroxyl groups is 7. The number of hydrogen-bond donors (Lipinski definition) is 8. The highest BCUT2D eigenvalue weighted by Crippen LogP contribution is 2.23. The lowest BCUT2D eigenvalue weighted by Gasteiger charge is -2.40. The van der Waals surface area contributed by atoms with Crippen LogP contribution in [0.4, 0.5) is 0 Å². The topological polar surface area (TPSA) is 189 Å². The summed E-state index contributed by atoms with van der Waals surface area (Å²) in [6.45, 7) is 3.43. The molecule has 0 aromatic rings. The molecule has 1 fully saturated rings. The Kier molecular flexibility index (Phi) is 40.6. The van der Waals surface area contributed by atoms with E-state index < -0.39 is 74.2 Å². The van der Waals surface area contributed by atoms with Gasteiger partial charge < -0.3 is 50.5 Å². The van der Waals surface area contributed by atoms with Gasteiger partial charge in [-0.05, 0) is 51.4 Å². The van der Waals surface area contributed by atoms with Crippen LogP contribution in [0.5, 0.6) is 0 Å². The van der Waals surface area contributed by atoms with Crippen LogP contribution in [-0.4, -0.2) is 110 Å². The smallest absolute Gasteiger partial charge is 0.249 e. The molecule has 64 heavy (non-hydrogen) atoms. The van der Waals surface area contributed by atoms with E-state index in [1.54, 1.807) is 0 Å². The number of aliphatic hydroxyl groups excluding tert-OH is 7. The zero-order valence-corrected chi connectivity index (χ0v) is 41.0. The summed E-state index contributed by atoms with van der Waals surface area (Å²) in [5.74, 6) is -0.707. The van der Waals surface area contributed by atoms with Crippen molar-refractivity contribution in [3.8, 4) is 0 Å². The Bertz CT molecular complexity index is 1090. The molecule has 1 heterocycles. The third kappa shape index (κ3) is 31.5. The number of hydrogen-bond acceptors (Lipinski definition) is 10. The maximum absolute atomic E-state index is 13.1. The number of amides is 1. The summed E-state index contributed by atoms with van der Waals surface area (Å²) in [5.41, 5.74) is 0. The molecule has 0 bridgehead atoms. The second-order valence-electron chi connectivity index (χ2n) is 18.9. The van der Waals surface area contributed by atoms with Crippen LogP contribution in [-0.2, 0) is 14.3 Å². The Morgan fingerprint density at radius 3 is 1.39 bits per heavy atom. The Morgan fingerprint density at radius 2 is 0.938 bits per heavy atom. The van der Waals surface area contributed by atoms with Crippen molar-refractivity contribution in [2.24, 2.45) is 0 Å². The normalized spacial score (nSPS) is 21.2. The monoisotopic (exact) mass is 912 g/mol. The van der Waals surface area contributed by atoms with Crippen molar-refractivity contribution in [1.82, 2.24) is 5.32 Å². The number of unbranched alkanes of at least 4 members (excludes halogenated alkanes) is 29. The van der Waals surface area contributed by atoms with Crippen LogP contribution >= 0.6 is 0 Å². The second-order valence-corrected chi connectivity index (χ2v) is 18.9. The summed E-state index contributed by atoms with van der Waals surface area (Å²) >= 11 is 0. The average molecular weight is 912 g/mol. The van der Waals surface area contributed by atoms with Gasteiger partial charge in [0, 0.05) is 0 Å². The molecule has 1 aliphatic heterocycles. The lowest BCUT2D eigenvalue weighted by Crippen LogP contribution is -2.60. The zero-order chi connectivity index (χ0) is 46.9. The van der Waals surface area contributed by atoms with E-state index in [4.69, 9.17) is 9.47 Å². The third-order valence-electron chi connectivity index (χ3n) is 13.0. The van der Waals surface area contributed by atoms with Gasteiger partial charge in [-0.1, -0.05) is 212 Å². The first-order valence-corrected chi connectivity index (χ1v) is 26.7. The summed E-state index contributed by atoms with van der Waals surface area (Å²) in [5, 5.41) is 75.9. The predicted octanol–water partition coefficient (Wildman–Crippen LogP) is 10.2. The minimum Gasteiger partial charge on any atom is -0.394 e. The zero-order valence-electron chi connectivity index (χ0n) is 41.0. The maximum Gasteiger partial charge on any atom is 0.249 e. The molecule has 378 valence electrons. The van der Waals surface area contributed by atoms with Crippen molar-refractivity contribution in [2.45, 2.75) is 294 Å². The van der Waals surface area contributed by atoms with Gasteiger partial charge in [0.1, 0.15) is 36.6 Å². The fourth-order valence-electron chi connectivity index (χ4n) is 8.58. The molecule has 1 aliphatic rings. The van der Waals surface area contributed by atoms with E-state index in [1.165, 1.54) is 154 Å². The van der Waals surface area contributed by atoms with Gasteiger partial charge in [0.15, 0.2) is 6.29 Å². The Morgan fingerprint density at radius 1 is 0.531 bits per heavy atom. The Balaban J connectivity index is 2.36. The summed E-state index contributed by atoms with van der Waals surface area (Å²) in [7, 11) is 0. The standard InChI is InChI=1S/C53H101NO10/c1-3-5-7-9-11-13-15-17-19-20-21-22-23-24-25-27-29-31-33-35-37-39-41-46(57)52(62)54-44(43-63-53-51(61)50(60)49(59)47(42-55)64-53)48(58)45(56)40-38-36-34-32-30-28-26-18-16-14-12-10-8-6-4-2/h18,26,32,34,44-51,53,55-61H,3-17,19-25,27-31,33,35-43H2,1-2H3,(H,54,62)/b26-18+,34-32+. The van der Waals surface area contributed by atoms with E-state index in [0.717, 1.165) is 38.5 Å². The minimum absolute atomic E-state index is 0.248. The lowest BCUT2D eigenvalue weighted by atomic mass is 9.98. The van der Waals surface area contributed by atoms with Crippen molar-refractivity contribution in [2.75, 3.05) is 13.2 Å². The number of carbonyl (C=O) groups is 1. The van der Waals surface area contributed by atoms with Gasteiger partial charge in [-0.15, -0.1) is 0 Å². The average Bonchev–Trinajstić information content (AvgIpc) is 3.29. The summed E-state index contributed by atoms with van der Waals surface area (Å²) in [6.07, 6.45) is 38.0. The number of allylic oxidation sites excluding steroid dienone is 4. The largest absolute Gasteiger partial charge is 0.394 e. The Labute approximate surface area is 391 Å². The molecule has 8 N–H and O–H groups in total. The fourth-order valence-corrected chi connectivity index (χ4v) is 8.58. The maximum atomic E-state index is 13.1. The molecule has 11 heteroatoms. The second kappa shape index (κ2) is 42.9. The van der Waals surface area contributed by atoms with E-state index in [0.29, 0.717) is 19.3 Å².